The van der Waals surface area contributed by atoms with E-state index in [1.165, 1.54) is 0 Å². The molecule has 2 saturated heterocycles. The van der Waals surface area contributed by atoms with Crippen LogP contribution < -0.4 is 0 Å². The first kappa shape index (κ1) is 20.0. The van der Waals surface area contributed by atoms with Crippen molar-refractivity contribution >= 4 is 24.0 Å². The highest BCUT2D eigenvalue weighted by Gasteiger charge is 2.54. The van der Waals surface area contributed by atoms with Crippen LogP contribution in [0.2, 0.25) is 0 Å². The van der Waals surface area contributed by atoms with Crippen LogP contribution in [0.5, 0.6) is 0 Å². The van der Waals surface area contributed by atoms with Gasteiger partial charge in [-0.2, -0.15) is 0 Å². The number of piperazine rings is 1. The Bertz CT molecular complexity index is 981. The first-order chi connectivity index (χ1) is 15.1. The summed E-state index contributed by atoms with van der Waals surface area (Å²) in [5, 5.41) is 9.96. The van der Waals surface area contributed by atoms with Gasteiger partial charge in [0.25, 0.3) is 0 Å². The van der Waals surface area contributed by atoms with E-state index in [0.717, 1.165) is 29.5 Å². The number of aliphatic hydroxyl groups excluding tert-OH is 1. The minimum atomic E-state index is -0.205. The van der Waals surface area contributed by atoms with Crippen LogP contribution in [0, 0.1) is 5.92 Å². The van der Waals surface area contributed by atoms with E-state index in [1.54, 1.807) is 9.80 Å². The molecule has 1 saturated carbocycles. The first-order valence-electron chi connectivity index (χ1n) is 11.2. The number of hydrogen-bond donors (Lipinski definition) is 1. The lowest BCUT2D eigenvalue weighted by molar-refractivity contribution is -0.167. The van der Waals surface area contributed by atoms with Crippen molar-refractivity contribution in [3.8, 4) is 0 Å². The van der Waals surface area contributed by atoms with E-state index in [9.17, 15) is 14.7 Å². The zero-order valence-corrected chi connectivity index (χ0v) is 17.6. The van der Waals surface area contributed by atoms with Crippen LogP contribution in [-0.2, 0) is 9.59 Å². The molecule has 2 amide bonds. The van der Waals surface area contributed by atoms with Gasteiger partial charge in [-0.25, -0.2) is 0 Å². The summed E-state index contributed by atoms with van der Waals surface area (Å²) >= 11 is 0. The number of fused-ring (bicyclic) bond motifs is 1. The third kappa shape index (κ3) is 4.02. The van der Waals surface area contributed by atoms with Crippen molar-refractivity contribution in [3.63, 3.8) is 0 Å². The molecule has 5 nitrogen and oxygen atoms in total. The number of hydrogen-bond acceptors (Lipinski definition) is 3. The Balaban J connectivity index is 1.30. The molecule has 0 spiro atoms. The van der Waals surface area contributed by atoms with E-state index in [0.29, 0.717) is 18.9 Å². The van der Waals surface area contributed by atoms with Gasteiger partial charge in [-0.15, -0.1) is 0 Å². The fraction of sp³-hybridized carbons (Fsp3) is 0.385. The van der Waals surface area contributed by atoms with Crippen LogP contribution in [0.3, 0.4) is 0 Å². The summed E-state index contributed by atoms with van der Waals surface area (Å²) in [4.78, 5) is 28.8. The van der Waals surface area contributed by atoms with Gasteiger partial charge in [-0.1, -0.05) is 66.7 Å². The summed E-state index contributed by atoms with van der Waals surface area (Å²) in [7, 11) is 0. The average molecular weight is 417 g/mol. The summed E-state index contributed by atoms with van der Waals surface area (Å²) in [6.45, 7) is 0.654. The number of rotatable bonds is 6. The van der Waals surface area contributed by atoms with Crippen molar-refractivity contribution in [2.24, 2.45) is 5.92 Å². The maximum atomic E-state index is 12.7. The normalized spacial score (nSPS) is 25.5. The van der Waals surface area contributed by atoms with Crippen LogP contribution in [0.15, 0.2) is 54.6 Å². The van der Waals surface area contributed by atoms with E-state index in [1.807, 2.05) is 18.2 Å². The molecule has 2 aromatic rings. The smallest absolute Gasteiger partial charge is 0.242 e. The van der Waals surface area contributed by atoms with Crippen molar-refractivity contribution in [1.29, 1.82) is 0 Å². The molecule has 0 aromatic heterocycles. The predicted octanol–water partition coefficient (Wildman–Crippen LogP) is 3.15. The Kier molecular flexibility index (Phi) is 5.36. The van der Waals surface area contributed by atoms with Gasteiger partial charge >= 0.3 is 0 Å². The molecule has 3 atom stereocenters. The third-order valence-electron chi connectivity index (χ3n) is 6.85. The van der Waals surface area contributed by atoms with Crippen LogP contribution in [0.4, 0.5) is 0 Å². The Morgan fingerprint density at radius 2 is 1.68 bits per heavy atom. The zero-order chi connectivity index (χ0) is 21.4. The maximum Gasteiger partial charge on any atom is 0.242 e. The van der Waals surface area contributed by atoms with Crippen LogP contribution in [-0.4, -0.2) is 58.5 Å². The Morgan fingerprint density at radius 3 is 2.32 bits per heavy atom. The second-order valence-corrected chi connectivity index (χ2v) is 8.98. The van der Waals surface area contributed by atoms with Gasteiger partial charge in [0, 0.05) is 18.9 Å². The van der Waals surface area contributed by atoms with E-state index in [-0.39, 0.29) is 43.0 Å². The summed E-state index contributed by atoms with van der Waals surface area (Å²) < 4.78 is 0. The Morgan fingerprint density at radius 1 is 1.00 bits per heavy atom. The first-order valence-corrected chi connectivity index (χ1v) is 11.2. The summed E-state index contributed by atoms with van der Waals surface area (Å²) in [6.07, 6.45) is 6.99. The van der Waals surface area contributed by atoms with Gasteiger partial charge in [-0.05, 0) is 35.4 Å². The molecular formula is C26H28N2O3. The minimum Gasteiger partial charge on any atom is -0.394 e. The highest BCUT2D eigenvalue weighted by Crippen LogP contribution is 2.43. The van der Waals surface area contributed by atoms with Crippen molar-refractivity contribution in [2.75, 3.05) is 19.7 Å². The third-order valence-corrected chi connectivity index (χ3v) is 6.85. The molecule has 2 aliphatic heterocycles. The van der Waals surface area contributed by atoms with Crippen LogP contribution in [0.1, 0.15) is 41.9 Å². The van der Waals surface area contributed by atoms with Gasteiger partial charge in [0.15, 0.2) is 0 Å². The SMILES string of the molecule is O=C(CC1CC1)N1CC(=O)N2[C@H](CO)[C@@H](c3ccc(C=Cc4ccccc4)cc3)[C@H]2C1. The number of carbonyl (C=O) groups excluding carboxylic acids is 2. The van der Waals surface area contributed by atoms with Gasteiger partial charge < -0.3 is 14.9 Å². The highest BCUT2D eigenvalue weighted by atomic mass is 16.3. The largest absolute Gasteiger partial charge is 0.394 e. The second kappa shape index (κ2) is 8.31. The topological polar surface area (TPSA) is 60.9 Å². The average Bonchev–Trinajstić information content (AvgIpc) is 3.59. The zero-order valence-electron chi connectivity index (χ0n) is 17.6. The van der Waals surface area contributed by atoms with Gasteiger partial charge in [-0.3, -0.25) is 9.59 Å². The van der Waals surface area contributed by atoms with Crippen LogP contribution in [0.25, 0.3) is 12.2 Å². The number of nitrogens with zero attached hydrogens (tertiary/aromatic N) is 2. The van der Waals surface area contributed by atoms with Crippen molar-refractivity contribution < 1.29 is 14.7 Å². The molecule has 160 valence electrons. The molecule has 3 fully saturated rings. The lowest BCUT2D eigenvalue weighted by Crippen LogP contribution is -2.73. The lowest BCUT2D eigenvalue weighted by Gasteiger charge is -2.58. The fourth-order valence-electron chi connectivity index (χ4n) is 4.97. The lowest BCUT2D eigenvalue weighted by atomic mass is 9.73. The second-order valence-electron chi connectivity index (χ2n) is 8.98. The summed E-state index contributed by atoms with van der Waals surface area (Å²) in [5.74, 6) is 0.623. The van der Waals surface area contributed by atoms with Crippen LogP contribution >= 0.6 is 0 Å². The number of benzene rings is 2. The van der Waals surface area contributed by atoms with Gasteiger partial charge in [0.2, 0.25) is 11.8 Å². The van der Waals surface area contributed by atoms with Crippen molar-refractivity contribution in [2.45, 2.75) is 37.3 Å². The van der Waals surface area contributed by atoms with Crippen molar-refractivity contribution in [3.05, 3.63) is 71.3 Å². The number of aliphatic hydroxyl groups is 1. The van der Waals surface area contributed by atoms with Crippen molar-refractivity contribution in [1.82, 2.24) is 9.80 Å². The number of carbonyl (C=O) groups is 2. The molecule has 5 heteroatoms. The molecule has 1 N–H and O–H groups in total. The monoisotopic (exact) mass is 416 g/mol. The summed E-state index contributed by atoms with van der Waals surface area (Å²) in [6, 6.07) is 18.2. The van der Waals surface area contributed by atoms with E-state index >= 15 is 0 Å². The summed E-state index contributed by atoms with van der Waals surface area (Å²) in [5.41, 5.74) is 3.37. The predicted molar refractivity (Wildman–Crippen MR) is 120 cm³/mol. The standard InChI is InChI=1S/C26H28N2O3/c29-17-23-26(21-12-10-19(11-13-21)7-6-18-4-2-1-3-5-18)22-15-27(16-25(31)28(22)23)24(30)14-20-8-9-20/h1-7,10-13,20,22-23,26,29H,8-9,14-17H2/t22-,23-,26+/m1/s1. The van der Waals surface area contributed by atoms with E-state index in [2.05, 4.69) is 48.6 Å². The van der Waals surface area contributed by atoms with Gasteiger partial charge in [0.1, 0.15) is 0 Å². The molecule has 2 heterocycles. The molecule has 0 radical (unpaired) electrons. The molecular weight excluding hydrogens is 388 g/mol. The quantitative estimate of drug-likeness (QED) is 0.736. The Labute approximate surface area is 183 Å². The van der Waals surface area contributed by atoms with Gasteiger partial charge in [0.05, 0.1) is 25.2 Å². The minimum absolute atomic E-state index is 0.0434. The number of amides is 2. The molecule has 3 aliphatic rings. The molecule has 2 aromatic carbocycles. The molecule has 0 unspecified atom stereocenters. The molecule has 0 bridgehead atoms. The van der Waals surface area contributed by atoms with E-state index < -0.39 is 0 Å². The molecule has 31 heavy (non-hydrogen) atoms. The molecule has 5 rings (SSSR count). The highest BCUT2D eigenvalue weighted by molar-refractivity contribution is 5.88. The Hall–Kier alpha value is -2.92. The van der Waals surface area contributed by atoms with E-state index in [4.69, 9.17) is 0 Å². The maximum absolute atomic E-state index is 12.7. The molecule has 1 aliphatic carbocycles. The fourth-order valence-corrected chi connectivity index (χ4v) is 4.97.